The zero-order valence-electron chi connectivity index (χ0n) is 14.7. The Balaban J connectivity index is 1.56. The second kappa shape index (κ2) is 6.97. The Morgan fingerprint density at radius 1 is 1.14 bits per heavy atom. The summed E-state index contributed by atoms with van der Waals surface area (Å²) in [4.78, 5) is 23.5. The van der Waals surface area contributed by atoms with Crippen molar-refractivity contribution in [2.75, 3.05) is 18.1 Å². The number of thiazole rings is 1. The molecule has 0 radical (unpaired) electrons. The molecule has 0 atom stereocenters. The van der Waals surface area contributed by atoms with E-state index in [4.69, 9.17) is 13.9 Å². The second-order valence-electron chi connectivity index (χ2n) is 6.19. The molecule has 0 aliphatic carbocycles. The number of anilines is 1. The van der Waals surface area contributed by atoms with E-state index in [0.717, 1.165) is 15.8 Å². The third kappa shape index (κ3) is 3.07. The van der Waals surface area contributed by atoms with E-state index < -0.39 is 0 Å². The summed E-state index contributed by atoms with van der Waals surface area (Å²) >= 11 is 1.42. The molecule has 3 aromatic heterocycles. The van der Waals surface area contributed by atoms with Gasteiger partial charge in [-0.2, -0.15) is 0 Å². The lowest BCUT2D eigenvalue weighted by Gasteiger charge is -2.18. The van der Waals surface area contributed by atoms with Crippen LogP contribution in [0.3, 0.4) is 0 Å². The fourth-order valence-electron chi connectivity index (χ4n) is 3.00. The summed E-state index contributed by atoms with van der Waals surface area (Å²) in [5, 5.41) is 0.572. The van der Waals surface area contributed by atoms with E-state index in [-0.39, 0.29) is 11.7 Å². The summed E-state index contributed by atoms with van der Waals surface area (Å²) in [7, 11) is 0. The molecular weight excluding hydrogens is 378 g/mol. The molecule has 7 nitrogen and oxygen atoms in total. The van der Waals surface area contributed by atoms with E-state index in [1.54, 1.807) is 29.4 Å². The molecule has 0 unspecified atom stereocenters. The molecular formula is C20H15N3O4S. The maximum Gasteiger partial charge on any atom is 0.296 e. The standard InChI is InChI=1S/C20H15N3O4S/c24-19(15-4-2-6-25-15)23(12-13-3-1-5-21-11-13)20-22-14-9-16-17(10-18(14)28-20)27-8-7-26-16/h1-6,9-11H,7-8,12H2. The van der Waals surface area contributed by atoms with Crippen molar-refractivity contribution in [3.63, 3.8) is 0 Å². The first kappa shape index (κ1) is 16.8. The van der Waals surface area contributed by atoms with Gasteiger partial charge in [0.25, 0.3) is 5.91 Å². The fraction of sp³-hybridized carbons (Fsp3) is 0.150. The minimum absolute atomic E-state index is 0.258. The van der Waals surface area contributed by atoms with Gasteiger partial charge in [-0.3, -0.25) is 14.7 Å². The quantitative estimate of drug-likeness (QED) is 0.523. The van der Waals surface area contributed by atoms with Crippen LogP contribution in [-0.4, -0.2) is 29.1 Å². The maximum absolute atomic E-state index is 13.1. The summed E-state index contributed by atoms with van der Waals surface area (Å²) in [6, 6.07) is 10.9. The van der Waals surface area contributed by atoms with Crippen LogP contribution in [0.4, 0.5) is 5.13 Å². The van der Waals surface area contributed by atoms with Gasteiger partial charge in [-0.1, -0.05) is 17.4 Å². The van der Waals surface area contributed by atoms with Crippen molar-refractivity contribution in [1.82, 2.24) is 9.97 Å². The van der Waals surface area contributed by atoms with Gasteiger partial charge < -0.3 is 13.9 Å². The molecule has 28 heavy (non-hydrogen) atoms. The molecule has 8 heteroatoms. The number of hydrogen-bond donors (Lipinski definition) is 0. The number of nitrogens with zero attached hydrogens (tertiary/aromatic N) is 3. The predicted molar refractivity (Wildman–Crippen MR) is 104 cm³/mol. The first-order valence-electron chi connectivity index (χ1n) is 8.72. The molecule has 140 valence electrons. The Hall–Kier alpha value is -3.39. The first-order valence-corrected chi connectivity index (χ1v) is 9.54. The lowest BCUT2D eigenvalue weighted by atomic mass is 10.2. The van der Waals surface area contributed by atoms with Gasteiger partial charge in [-0.05, 0) is 23.8 Å². The van der Waals surface area contributed by atoms with Gasteiger partial charge >= 0.3 is 0 Å². The molecule has 0 N–H and O–H groups in total. The molecule has 0 bridgehead atoms. The van der Waals surface area contributed by atoms with Gasteiger partial charge in [0.1, 0.15) is 13.2 Å². The number of rotatable bonds is 4. The van der Waals surface area contributed by atoms with Crippen molar-refractivity contribution in [2.45, 2.75) is 6.54 Å². The summed E-state index contributed by atoms with van der Waals surface area (Å²) in [6.07, 6.45) is 4.91. The Bertz CT molecular complexity index is 1080. The van der Waals surface area contributed by atoms with Crippen LogP contribution in [0.1, 0.15) is 16.1 Å². The Labute approximate surface area is 164 Å². The smallest absolute Gasteiger partial charge is 0.296 e. The monoisotopic (exact) mass is 393 g/mol. The zero-order valence-corrected chi connectivity index (χ0v) is 15.5. The molecule has 4 heterocycles. The Kier molecular flexibility index (Phi) is 4.17. The lowest BCUT2D eigenvalue weighted by Crippen LogP contribution is -2.30. The van der Waals surface area contributed by atoms with Crippen LogP contribution in [0.25, 0.3) is 10.2 Å². The van der Waals surface area contributed by atoms with E-state index >= 15 is 0 Å². The minimum atomic E-state index is -0.259. The highest BCUT2D eigenvalue weighted by Gasteiger charge is 2.25. The lowest BCUT2D eigenvalue weighted by molar-refractivity contribution is 0.0958. The SMILES string of the molecule is O=C(c1ccco1)N(Cc1cccnc1)c1nc2cc3c(cc2s1)OCCO3. The molecule has 1 amide bonds. The number of furan rings is 1. The molecule has 0 spiro atoms. The highest BCUT2D eigenvalue weighted by molar-refractivity contribution is 7.22. The summed E-state index contributed by atoms with van der Waals surface area (Å²) in [6.45, 7) is 1.37. The Morgan fingerprint density at radius 3 is 2.75 bits per heavy atom. The van der Waals surface area contributed by atoms with Crippen molar-refractivity contribution >= 4 is 32.6 Å². The van der Waals surface area contributed by atoms with Crippen molar-refractivity contribution in [3.05, 3.63) is 66.4 Å². The molecule has 0 fully saturated rings. The van der Waals surface area contributed by atoms with Gasteiger partial charge in [0.15, 0.2) is 22.4 Å². The van der Waals surface area contributed by atoms with Crippen LogP contribution >= 0.6 is 11.3 Å². The maximum atomic E-state index is 13.1. The van der Waals surface area contributed by atoms with Gasteiger partial charge in [-0.15, -0.1) is 0 Å². The number of benzene rings is 1. The number of carbonyl (C=O) groups excluding carboxylic acids is 1. The van der Waals surface area contributed by atoms with Crippen LogP contribution in [0.2, 0.25) is 0 Å². The molecule has 0 saturated heterocycles. The molecule has 1 aliphatic rings. The van der Waals surface area contributed by atoms with Crippen LogP contribution in [0, 0.1) is 0 Å². The van der Waals surface area contributed by atoms with Crippen molar-refractivity contribution < 1.29 is 18.7 Å². The molecule has 0 saturated carbocycles. The van der Waals surface area contributed by atoms with Crippen LogP contribution in [0.5, 0.6) is 11.5 Å². The van der Waals surface area contributed by atoms with E-state index in [1.807, 2.05) is 24.3 Å². The minimum Gasteiger partial charge on any atom is -0.486 e. The highest BCUT2D eigenvalue weighted by Crippen LogP contribution is 2.39. The topological polar surface area (TPSA) is 77.7 Å². The van der Waals surface area contributed by atoms with E-state index in [9.17, 15) is 4.79 Å². The highest BCUT2D eigenvalue weighted by atomic mass is 32.1. The van der Waals surface area contributed by atoms with Crippen molar-refractivity contribution in [2.24, 2.45) is 0 Å². The number of aromatic nitrogens is 2. The van der Waals surface area contributed by atoms with Crippen LogP contribution in [-0.2, 0) is 6.54 Å². The van der Waals surface area contributed by atoms with E-state index in [1.165, 1.54) is 17.6 Å². The third-order valence-corrected chi connectivity index (χ3v) is 5.35. The molecule has 1 aliphatic heterocycles. The number of carbonyl (C=O) groups is 1. The average Bonchev–Trinajstić information content (AvgIpc) is 3.40. The Morgan fingerprint density at radius 2 is 2.00 bits per heavy atom. The van der Waals surface area contributed by atoms with Gasteiger partial charge in [-0.25, -0.2) is 4.98 Å². The van der Waals surface area contributed by atoms with Crippen molar-refractivity contribution in [1.29, 1.82) is 0 Å². The summed E-state index contributed by atoms with van der Waals surface area (Å²) in [5.74, 6) is 1.37. The van der Waals surface area contributed by atoms with Crippen molar-refractivity contribution in [3.8, 4) is 11.5 Å². The third-order valence-electron chi connectivity index (χ3n) is 4.31. The number of hydrogen-bond acceptors (Lipinski definition) is 7. The van der Waals surface area contributed by atoms with E-state index in [0.29, 0.717) is 36.4 Å². The zero-order chi connectivity index (χ0) is 18.9. The van der Waals surface area contributed by atoms with Gasteiger partial charge in [0, 0.05) is 24.5 Å². The predicted octanol–water partition coefficient (Wildman–Crippen LogP) is 3.90. The van der Waals surface area contributed by atoms with Crippen LogP contribution in [0.15, 0.2) is 59.5 Å². The number of ether oxygens (including phenoxy) is 2. The average molecular weight is 393 g/mol. The first-order chi connectivity index (χ1) is 13.8. The number of pyridine rings is 1. The summed E-state index contributed by atoms with van der Waals surface area (Å²) < 4.78 is 17.5. The van der Waals surface area contributed by atoms with Crippen LogP contribution < -0.4 is 14.4 Å². The normalized spacial score (nSPS) is 12.9. The number of fused-ring (bicyclic) bond motifs is 2. The molecule has 1 aromatic carbocycles. The van der Waals surface area contributed by atoms with Gasteiger partial charge in [0.05, 0.1) is 23.0 Å². The molecule has 4 aromatic rings. The largest absolute Gasteiger partial charge is 0.486 e. The second-order valence-corrected chi connectivity index (χ2v) is 7.20. The molecule has 5 rings (SSSR count). The fourth-order valence-corrected chi connectivity index (χ4v) is 3.98. The number of amides is 1. The van der Waals surface area contributed by atoms with E-state index in [2.05, 4.69) is 9.97 Å². The van der Waals surface area contributed by atoms with Gasteiger partial charge in [0.2, 0.25) is 0 Å². The summed E-state index contributed by atoms with van der Waals surface area (Å²) in [5.41, 5.74) is 1.65.